The number of carbonyl (C=O) groups is 3. The predicted molar refractivity (Wildman–Crippen MR) is 282 cm³/mol. The molecule has 15 atom stereocenters. The first-order chi connectivity index (χ1) is 38.6. The fourth-order valence-corrected chi connectivity index (χ4v) is 9.73. The molecule has 416 valence electrons. The van der Waals surface area contributed by atoms with Gasteiger partial charge in [-0.2, -0.15) is 0 Å². The molecule has 0 radical (unpaired) electrons. The number of ether oxygens (including phenoxy) is 12. The van der Waals surface area contributed by atoms with Crippen molar-refractivity contribution in [3.63, 3.8) is 0 Å². The van der Waals surface area contributed by atoms with Gasteiger partial charge in [-0.05, 0) is 58.4 Å². The Labute approximate surface area is 457 Å². The zero-order valence-corrected chi connectivity index (χ0v) is 44.1. The Kier molecular flexibility index (Phi) is 21.4. The van der Waals surface area contributed by atoms with Crippen LogP contribution in [0.15, 0.2) is 162 Å². The lowest BCUT2D eigenvalue weighted by atomic mass is 9.89. The molecular weight excluding hydrogens is 1020 g/mol. The van der Waals surface area contributed by atoms with Gasteiger partial charge in [-0.15, -0.1) is 0 Å². The summed E-state index contributed by atoms with van der Waals surface area (Å²) >= 11 is 0. The van der Waals surface area contributed by atoms with Crippen LogP contribution in [-0.2, 0) is 81.5 Å². The maximum atomic E-state index is 14.5. The minimum atomic E-state index is -1.60. The van der Waals surface area contributed by atoms with Crippen LogP contribution in [0.25, 0.3) is 20.9 Å². The summed E-state index contributed by atoms with van der Waals surface area (Å²) in [4.78, 5) is 47.1. The lowest BCUT2D eigenvalue weighted by Gasteiger charge is -2.51. The third-order valence-electron chi connectivity index (χ3n) is 13.8. The second-order valence-corrected chi connectivity index (χ2v) is 19.0. The average Bonchev–Trinajstić information content (AvgIpc) is 3.53. The summed E-state index contributed by atoms with van der Waals surface area (Å²) in [6, 6.07) is 42.3. The van der Waals surface area contributed by atoms with Crippen LogP contribution in [0.1, 0.15) is 64.6 Å². The topological polar surface area (TPSA) is 259 Å². The molecule has 0 aromatic heterocycles. The van der Waals surface area contributed by atoms with Gasteiger partial charge in [-0.1, -0.05) is 151 Å². The van der Waals surface area contributed by atoms with E-state index < -0.39 is 116 Å². The van der Waals surface area contributed by atoms with Gasteiger partial charge in [0.25, 0.3) is 0 Å². The number of methoxy groups -OCH3 is 1. The molecule has 0 spiro atoms. The quantitative estimate of drug-likeness (QED) is 0.0183. The summed E-state index contributed by atoms with van der Waals surface area (Å²) in [5, 5.41) is 8.31. The second kappa shape index (κ2) is 29.1. The summed E-state index contributed by atoms with van der Waals surface area (Å²) in [6.45, 7) is 4.19. The molecule has 3 heterocycles. The van der Waals surface area contributed by atoms with Crippen molar-refractivity contribution in [1.82, 2.24) is 0 Å². The van der Waals surface area contributed by atoms with Crippen LogP contribution in [0.4, 0.5) is 0 Å². The van der Waals surface area contributed by atoms with Gasteiger partial charge < -0.3 is 56.8 Å². The number of hydrogen-bond donors (Lipinski definition) is 0. The Morgan fingerprint density at radius 3 is 1.44 bits per heavy atom. The van der Waals surface area contributed by atoms with E-state index in [1.165, 1.54) is 14.0 Å². The van der Waals surface area contributed by atoms with Crippen LogP contribution in [0.5, 0.6) is 0 Å². The van der Waals surface area contributed by atoms with E-state index >= 15 is 0 Å². The highest BCUT2D eigenvalue weighted by Crippen LogP contribution is 2.40. The largest absolute Gasteiger partial charge is 0.463 e. The first-order valence-corrected chi connectivity index (χ1v) is 26.1. The van der Waals surface area contributed by atoms with E-state index in [4.69, 9.17) is 56.8 Å². The minimum absolute atomic E-state index is 0.0519. The first-order valence-electron chi connectivity index (χ1n) is 26.1. The molecule has 3 saturated heterocycles. The molecule has 79 heavy (non-hydrogen) atoms. The number of esters is 3. The summed E-state index contributed by atoms with van der Waals surface area (Å²) in [5.41, 5.74) is 23.0. The van der Waals surface area contributed by atoms with E-state index in [9.17, 15) is 25.4 Å². The van der Waals surface area contributed by atoms with Gasteiger partial charge in [0.15, 0.2) is 25.0 Å². The molecule has 0 bridgehead atoms. The van der Waals surface area contributed by atoms with Crippen LogP contribution in [-0.4, -0.2) is 124 Å². The Hall–Kier alpha value is -7.23. The number of nitrogens with zero attached hydrogens (tertiary/aromatic N) is 6. The van der Waals surface area contributed by atoms with Gasteiger partial charge in [0.2, 0.25) is 0 Å². The molecular formula is C58H64N6O15. The normalized spacial score (nSPS) is 28.5. The van der Waals surface area contributed by atoms with E-state index in [2.05, 4.69) is 20.1 Å². The fraction of sp³-hybridized carbons (Fsp3) is 0.431. The maximum absolute atomic E-state index is 14.5. The summed E-state index contributed by atoms with van der Waals surface area (Å²) < 4.78 is 78.1. The molecule has 21 heteroatoms. The third-order valence-corrected chi connectivity index (χ3v) is 13.8. The molecule has 3 aliphatic rings. The molecule has 3 aliphatic heterocycles. The van der Waals surface area contributed by atoms with Crippen molar-refractivity contribution in [3.05, 3.63) is 200 Å². The van der Waals surface area contributed by atoms with Crippen LogP contribution in [0.3, 0.4) is 0 Å². The highest BCUT2D eigenvalue weighted by Gasteiger charge is 2.57. The molecule has 0 saturated carbocycles. The van der Waals surface area contributed by atoms with Crippen molar-refractivity contribution in [3.8, 4) is 0 Å². The van der Waals surface area contributed by atoms with Gasteiger partial charge in [0.1, 0.15) is 55.8 Å². The van der Waals surface area contributed by atoms with Crippen LogP contribution in [0.2, 0.25) is 0 Å². The van der Waals surface area contributed by atoms with E-state index in [-0.39, 0.29) is 32.0 Å². The predicted octanol–water partition coefficient (Wildman–Crippen LogP) is 9.38. The van der Waals surface area contributed by atoms with Gasteiger partial charge in [-0.3, -0.25) is 4.79 Å². The van der Waals surface area contributed by atoms with Crippen molar-refractivity contribution < 1.29 is 71.2 Å². The fourth-order valence-electron chi connectivity index (χ4n) is 9.73. The number of hydrogen-bond acceptors (Lipinski definition) is 17. The number of azide groups is 2. The number of benzene rings is 5. The van der Waals surface area contributed by atoms with Gasteiger partial charge in [0, 0.05) is 29.8 Å². The SMILES string of the molecule is CCC1OC(OC)[C@H](N=[N+]=[N-])[C@H](OCc2ccccc2)C1O[C@H]1O[C@@H](COC(C)=O)[C@@H](OC2OC(COC(=O)c3ccccc3)C(C)[C@H](OCc3ccccc3)[C@H]2N=[N+]=[N-])C(OCc2ccccc2)C1OC(=O)c1ccccc1. The van der Waals surface area contributed by atoms with Crippen LogP contribution in [0, 0.1) is 5.92 Å². The molecule has 5 aromatic carbocycles. The van der Waals surface area contributed by atoms with Crippen LogP contribution < -0.4 is 0 Å². The van der Waals surface area contributed by atoms with Gasteiger partial charge in [-0.25, -0.2) is 9.59 Å². The molecule has 0 N–H and O–H groups in total. The zero-order chi connectivity index (χ0) is 55.5. The molecule has 0 amide bonds. The summed E-state index contributed by atoms with van der Waals surface area (Å²) in [6.07, 6.45) is -14.4. The van der Waals surface area contributed by atoms with Gasteiger partial charge in [0.05, 0.1) is 49.3 Å². The van der Waals surface area contributed by atoms with Crippen molar-refractivity contribution in [2.75, 3.05) is 20.3 Å². The molecule has 3 fully saturated rings. The van der Waals surface area contributed by atoms with Crippen molar-refractivity contribution in [1.29, 1.82) is 0 Å². The molecule has 21 nitrogen and oxygen atoms in total. The zero-order valence-electron chi connectivity index (χ0n) is 44.1. The first kappa shape index (κ1) is 57.9. The summed E-state index contributed by atoms with van der Waals surface area (Å²) in [7, 11) is 1.42. The highest BCUT2D eigenvalue weighted by molar-refractivity contribution is 5.89. The van der Waals surface area contributed by atoms with Gasteiger partial charge >= 0.3 is 17.9 Å². The second-order valence-electron chi connectivity index (χ2n) is 19.0. The number of rotatable bonds is 24. The minimum Gasteiger partial charge on any atom is -0.463 e. The van der Waals surface area contributed by atoms with E-state index in [0.717, 1.165) is 11.1 Å². The maximum Gasteiger partial charge on any atom is 0.338 e. The number of carbonyl (C=O) groups excluding carboxylic acids is 3. The van der Waals surface area contributed by atoms with Crippen LogP contribution >= 0.6 is 0 Å². The Bertz CT molecular complexity index is 2800. The molecule has 5 aromatic rings. The third kappa shape index (κ3) is 15.3. The van der Waals surface area contributed by atoms with Crippen molar-refractivity contribution in [2.45, 2.75) is 133 Å². The van der Waals surface area contributed by atoms with Crippen molar-refractivity contribution >= 4 is 17.9 Å². The average molecular weight is 1090 g/mol. The van der Waals surface area contributed by atoms with E-state index in [1.807, 2.05) is 105 Å². The monoisotopic (exact) mass is 1080 g/mol. The highest BCUT2D eigenvalue weighted by atomic mass is 16.8. The molecule has 0 aliphatic carbocycles. The van der Waals surface area contributed by atoms with Crippen molar-refractivity contribution in [2.24, 2.45) is 16.1 Å². The van der Waals surface area contributed by atoms with E-state index in [0.29, 0.717) is 17.5 Å². The Morgan fingerprint density at radius 2 is 0.937 bits per heavy atom. The molecule has 8 unspecified atom stereocenters. The smallest absolute Gasteiger partial charge is 0.338 e. The lowest BCUT2D eigenvalue weighted by molar-refractivity contribution is -0.369. The standard InChI is InChI=1S/C58H64N6O15/c1-5-43-49(51(47(62-64-60)56(68-4)74-43)71-32-39-23-13-7-14-24-39)79-58-53(77-55(67)42-29-19-10-20-30-42)52(72-33-40-25-15-8-16-26-40)50(45(76-58)35-69-37(3)65)78-57-46(61-63-59)48(70-31-38-21-11-6-12-22-38)36(2)44(75-57)34-73-54(66)41-27-17-9-18-28-41/h6-30,36,43-53,56-58H,5,31-35H2,1-4H3/t36?,43?,44?,45-,46+,47+,48-,49?,50+,51-,52?,53?,56?,57?,58+/m0/s1. The lowest BCUT2D eigenvalue weighted by Crippen LogP contribution is -2.67. The Balaban J connectivity index is 1.22. The summed E-state index contributed by atoms with van der Waals surface area (Å²) in [5.74, 6) is -2.67. The Morgan fingerprint density at radius 1 is 0.506 bits per heavy atom. The molecule has 8 rings (SSSR count). The van der Waals surface area contributed by atoms with E-state index in [1.54, 1.807) is 60.7 Å².